The van der Waals surface area contributed by atoms with E-state index in [2.05, 4.69) is 19.1 Å². The zero-order valence-electron chi connectivity index (χ0n) is 17.3. The van der Waals surface area contributed by atoms with Crippen molar-refractivity contribution in [1.29, 1.82) is 0 Å². The molecule has 1 saturated carbocycles. The van der Waals surface area contributed by atoms with E-state index >= 15 is 0 Å². The van der Waals surface area contributed by atoms with Crippen LogP contribution >= 0.6 is 0 Å². The highest BCUT2D eigenvalue weighted by Gasteiger charge is 2.67. The van der Waals surface area contributed by atoms with Crippen molar-refractivity contribution >= 4 is 0 Å². The molecule has 156 valence electrons. The lowest BCUT2D eigenvalue weighted by Gasteiger charge is -2.48. The van der Waals surface area contributed by atoms with E-state index in [0.717, 1.165) is 24.8 Å². The van der Waals surface area contributed by atoms with Gasteiger partial charge in [0, 0.05) is 7.11 Å². The fourth-order valence-electron chi connectivity index (χ4n) is 4.96. The molecule has 28 heavy (non-hydrogen) atoms. The number of fused-ring (bicyclic) bond motifs is 1. The van der Waals surface area contributed by atoms with Gasteiger partial charge in [0.1, 0.15) is 24.6 Å². The Morgan fingerprint density at radius 3 is 2.57 bits per heavy atom. The predicted molar refractivity (Wildman–Crippen MR) is 102 cm³/mol. The minimum absolute atomic E-state index is 0.127. The quantitative estimate of drug-likeness (QED) is 0.689. The maximum atomic E-state index is 6.62. The molecule has 2 heterocycles. The molecule has 0 amide bonds. The summed E-state index contributed by atoms with van der Waals surface area (Å²) in [4.78, 5) is 0. The van der Waals surface area contributed by atoms with Gasteiger partial charge in [-0.25, -0.2) is 0 Å². The van der Waals surface area contributed by atoms with Crippen LogP contribution in [-0.2, 0) is 35.0 Å². The summed E-state index contributed by atoms with van der Waals surface area (Å²) in [5.41, 5.74) is 0.509. The van der Waals surface area contributed by atoms with Crippen LogP contribution in [0.5, 0.6) is 0 Å². The molecule has 3 fully saturated rings. The van der Waals surface area contributed by atoms with Gasteiger partial charge in [-0.2, -0.15) is 0 Å². The second kappa shape index (κ2) is 8.01. The largest absolute Gasteiger partial charge is 0.367 e. The summed E-state index contributed by atoms with van der Waals surface area (Å²) in [6.07, 6.45) is 1.91. The van der Waals surface area contributed by atoms with Gasteiger partial charge in [0.2, 0.25) is 0 Å². The van der Waals surface area contributed by atoms with Gasteiger partial charge < -0.3 is 28.4 Å². The zero-order chi connectivity index (χ0) is 19.8. The van der Waals surface area contributed by atoms with Crippen molar-refractivity contribution in [1.82, 2.24) is 0 Å². The standard InChI is InChI=1S/C22H32O6/c1-15-9-8-12-17(25-14-23-4)22(15)19(24-13-16-10-6-5-7-11-16)18-20(28-22)27-21(2,3)26-18/h5-7,10-11,15,17-20H,8-9,12-14H2,1-4H3/t15-,17+,18-,19-,20+,22?/m1/s1. The number of hydrogen-bond donors (Lipinski definition) is 0. The lowest BCUT2D eigenvalue weighted by molar-refractivity contribution is -0.294. The molecule has 0 bridgehead atoms. The van der Waals surface area contributed by atoms with Crippen molar-refractivity contribution in [3.63, 3.8) is 0 Å². The summed E-state index contributed by atoms with van der Waals surface area (Å²) in [5, 5.41) is 0. The molecule has 6 heteroatoms. The lowest BCUT2D eigenvalue weighted by Crippen LogP contribution is -2.61. The zero-order valence-corrected chi connectivity index (χ0v) is 17.3. The van der Waals surface area contributed by atoms with E-state index < -0.39 is 17.7 Å². The summed E-state index contributed by atoms with van der Waals surface area (Å²) in [7, 11) is 1.64. The molecule has 0 N–H and O–H groups in total. The first-order valence-electron chi connectivity index (χ1n) is 10.3. The molecule has 0 aromatic heterocycles. The summed E-state index contributed by atoms with van der Waals surface area (Å²) in [6.45, 7) is 6.77. The van der Waals surface area contributed by atoms with E-state index in [0.29, 0.717) is 6.61 Å². The second-order valence-corrected chi connectivity index (χ2v) is 8.55. The van der Waals surface area contributed by atoms with Crippen molar-refractivity contribution in [3.8, 4) is 0 Å². The Morgan fingerprint density at radius 1 is 1.04 bits per heavy atom. The second-order valence-electron chi connectivity index (χ2n) is 8.55. The topological polar surface area (TPSA) is 55.4 Å². The third-order valence-electron chi connectivity index (χ3n) is 6.19. The summed E-state index contributed by atoms with van der Waals surface area (Å²) in [5.74, 6) is -0.434. The maximum Gasteiger partial charge on any atom is 0.190 e. The van der Waals surface area contributed by atoms with Gasteiger partial charge in [-0.1, -0.05) is 43.7 Å². The molecule has 1 aromatic carbocycles. The minimum Gasteiger partial charge on any atom is -0.367 e. The maximum absolute atomic E-state index is 6.62. The lowest BCUT2D eigenvalue weighted by atomic mass is 9.70. The van der Waals surface area contributed by atoms with E-state index in [1.54, 1.807) is 7.11 Å². The Hall–Kier alpha value is -1.02. The first-order chi connectivity index (χ1) is 13.5. The Bertz CT molecular complexity index is 650. The highest BCUT2D eigenvalue weighted by molar-refractivity contribution is 5.15. The van der Waals surface area contributed by atoms with Crippen LogP contribution in [0.4, 0.5) is 0 Å². The average Bonchev–Trinajstić information content (AvgIpc) is 3.12. The molecule has 0 radical (unpaired) electrons. The van der Waals surface area contributed by atoms with Gasteiger partial charge in [0.05, 0.1) is 12.7 Å². The smallest absolute Gasteiger partial charge is 0.190 e. The third-order valence-corrected chi connectivity index (χ3v) is 6.19. The SMILES string of the molecule is COCO[C@H]1CCC[C@@H](C)C12O[C@@H]1OC(C)(C)O[C@@H]1[C@H]2OCc1ccccc1. The average molecular weight is 392 g/mol. The molecule has 1 aromatic rings. The van der Waals surface area contributed by atoms with Crippen LogP contribution in [0.2, 0.25) is 0 Å². The number of methoxy groups -OCH3 is 1. The normalized spacial score (nSPS) is 39.4. The van der Waals surface area contributed by atoms with Gasteiger partial charge in [-0.3, -0.25) is 0 Å². The van der Waals surface area contributed by atoms with Gasteiger partial charge in [-0.15, -0.1) is 0 Å². The van der Waals surface area contributed by atoms with Crippen molar-refractivity contribution in [3.05, 3.63) is 35.9 Å². The van der Waals surface area contributed by atoms with Crippen LogP contribution in [0.3, 0.4) is 0 Å². The third kappa shape index (κ3) is 3.62. The molecule has 1 aliphatic carbocycles. The van der Waals surface area contributed by atoms with Crippen molar-refractivity contribution in [2.75, 3.05) is 13.9 Å². The van der Waals surface area contributed by atoms with Crippen LogP contribution in [-0.4, -0.2) is 49.9 Å². The summed E-state index contributed by atoms with van der Waals surface area (Å²) in [6, 6.07) is 10.2. The Kier molecular flexibility index (Phi) is 5.80. The van der Waals surface area contributed by atoms with Gasteiger partial charge in [0.25, 0.3) is 0 Å². The first kappa shape index (κ1) is 20.3. The number of hydrogen-bond acceptors (Lipinski definition) is 6. The van der Waals surface area contributed by atoms with Gasteiger partial charge in [-0.05, 0) is 38.2 Å². The van der Waals surface area contributed by atoms with E-state index in [9.17, 15) is 0 Å². The Morgan fingerprint density at radius 2 is 1.82 bits per heavy atom. The van der Waals surface area contributed by atoms with Gasteiger partial charge >= 0.3 is 0 Å². The Labute approximate surface area is 167 Å². The highest BCUT2D eigenvalue weighted by atomic mass is 16.8. The molecular formula is C22H32O6. The monoisotopic (exact) mass is 392 g/mol. The number of ether oxygens (including phenoxy) is 6. The molecule has 6 nitrogen and oxygen atoms in total. The van der Waals surface area contributed by atoms with Crippen LogP contribution in [0.15, 0.2) is 30.3 Å². The Balaban J connectivity index is 1.63. The number of rotatable bonds is 6. The first-order valence-corrected chi connectivity index (χ1v) is 10.3. The fraction of sp³-hybridized carbons (Fsp3) is 0.727. The van der Waals surface area contributed by atoms with Crippen LogP contribution in [0.25, 0.3) is 0 Å². The van der Waals surface area contributed by atoms with E-state index in [1.807, 2.05) is 32.0 Å². The molecule has 6 atom stereocenters. The van der Waals surface area contributed by atoms with E-state index in [4.69, 9.17) is 28.4 Å². The number of benzene rings is 1. The van der Waals surface area contributed by atoms with Gasteiger partial charge in [0.15, 0.2) is 12.1 Å². The molecule has 4 rings (SSSR count). The predicted octanol–water partition coefficient (Wildman–Crippen LogP) is 3.63. The molecule has 1 unspecified atom stereocenters. The summed E-state index contributed by atoms with van der Waals surface area (Å²) >= 11 is 0. The van der Waals surface area contributed by atoms with Crippen LogP contribution in [0.1, 0.15) is 45.6 Å². The van der Waals surface area contributed by atoms with Crippen molar-refractivity contribution < 1.29 is 28.4 Å². The van der Waals surface area contributed by atoms with Crippen molar-refractivity contribution in [2.24, 2.45) is 5.92 Å². The van der Waals surface area contributed by atoms with E-state index in [-0.39, 0.29) is 31.0 Å². The van der Waals surface area contributed by atoms with Crippen molar-refractivity contribution in [2.45, 2.75) is 82.6 Å². The highest BCUT2D eigenvalue weighted by Crippen LogP contribution is 2.52. The molecular weight excluding hydrogens is 360 g/mol. The molecule has 3 aliphatic rings. The summed E-state index contributed by atoms with van der Waals surface area (Å²) < 4.78 is 36.7. The molecule has 2 saturated heterocycles. The van der Waals surface area contributed by atoms with Crippen LogP contribution < -0.4 is 0 Å². The minimum atomic E-state index is -0.688. The fourth-order valence-corrected chi connectivity index (χ4v) is 4.96. The van der Waals surface area contributed by atoms with Crippen LogP contribution in [0, 0.1) is 5.92 Å². The molecule has 2 aliphatic heterocycles. The molecule has 1 spiro atoms. The van der Waals surface area contributed by atoms with E-state index in [1.165, 1.54) is 0 Å².